The van der Waals surface area contributed by atoms with Crippen molar-refractivity contribution < 1.29 is 26.5 Å². The topological polar surface area (TPSA) is 108 Å². The van der Waals surface area contributed by atoms with Crippen LogP contribution in [0.15, 0.2) is 51.9 Å². The summed E-state index contributed by atoms with van der Waals surface area (Å²) in [6.07, 6.45) is -0.965. The molecule has 1 atom stereocenters. The number of methoxy groups -OCH3 is 1. The Balaban J connectivity index is 2.03. The van der Waals surface area contributed by atoms with Crippen LogP contribution in [0.25, 0.3) is 11.4 Å². The molecule has 2 aromatic carbocycles. The van der Waals surface area contributed by atoms with Crippen molar-refractivity contribution in [3.05, 3.63) is 65.6 Å². The summed E-state index contributed by atoms with van der Waals surface area (Å²) in [5.41, 5.74) is 0.395. The highest BCUT2D eigenvalue weighted by atomic mass is 32.2. The van der Waals surface area contributed by atoms with E-state index >= 15 is 0 Å². The van der Waals surface area contributed by atoms with Gasteiger partial charge in [-0.3, -0.25) is 0 Å². The summed E-state index contributed by atoms with van der Waals surface area (Å²) in [5, 5.41) is 8.93. The number of benzene rings is 2. The van der Waals surface area contributed by atoms with Crippen molar-refractivity contribution in [2.24, 2.45) is 5.14 Å². The molecule has 7 nitrogen and oxygen atoms in total. The highest BCUT2D eigenvalue weighted by molar-refractivity contribution is 7.89. The van der Waals surface area contributed by atoms with Crippen LogP contribution in [0.2, 0.25) is 0 Å². The molecule has 0 saturated heterocycles. The van der Waals surface area contributed by atoms with Gasteiger partial charge in [0.05, 0.1) is 4.90 Å². The van der Waals surface area contributed by atoms with Crippen molar-refractivity contribution in [2.45, 2.75) is 11.0 Å². The molecule has 0 radical (unpaired) electrons. The molecular formula is C16H13F2N3O4S. The van der Waals surface area contributed by atoms with Gasteiger partial charge >= 0.3 is 0 Å². The van der Waals surface area contributed by atoms with Crippen LogP contribution in [0.4, 0.5) is 8.78 Å². The second-order valence-electron chi connectivity index (χ2n) is 5.29. The summed E-state index contributed by atoms with van der Waals surface area (Å²) in [7, 11) is -2.68. The van der Waals surface area contributed by atoms with E-state index < -0.39 is 27.8 Å². The molecular weight excluding hydrogens is 368 g/mol. The molecule has 3 aromatic rings. The first-order chi connectivity index (χ1) is 12.3. The fourth-order valence-electron chi connectivity index (χ4n) is 2.41. The summed E-state index contributed by atoms with van der Waals surface area (Å²) in [6, 6.07) is 9.08. The molecule has 10 heteroatoms. The molecule has 0 aliphatic heterocycles. The van der Waals surface area contributed by atoms with Gasteiger partial charge in [0, 0.05) is 12.7 Å². The summed E-state index contributed by atoms with van der Waals surface area (Å²) >= 11 is 0. The highest BCUT2D eigenvalue weighted by Crippen LogP contribution is 2.29. The van der Waals surface area contributed by atoms with E-state index in [4.69, 9.17) is 14.4 Å². The van der Waals surface area contributed by atoms with Crippen molar-refractivity contribution >= 4 is 10.0 Å². The number of hydrogen-bond donors (Lipinski definition) is 1. The number of primary sulfonamides is 1. The predicted molar refractivity (Wildman–Crippen MR) is 86.3 cm³/mol. The fraction of sp³-hybridized carbons (Fsp3) is 0.125. The maximum atomic E-state index is 13.5. The molecule has 0 saturated carbocycles. The normalized spacial score (nSPS) is 12.9. The Labute approximate surface area is 147 Å². The monoisotopic (exact) mass is 381 g/mol. The minimum Gasteiger partial charge on any atom is -0.367 e. The molecule has 0 aliphatic carbocycles. The van der Waals surface area contributed by atoms with Crippen molar-refractivity contribution in [3.63, 3.8) is 0 Å². The van der Waals surface area contributed by atoms with Crippen LogP contribution >= 0.6 is 0 Å². The van der Waals surface area contributed by atoms with E-state index in [0.29, 0.717) is 0 Å². The molecule has 136 valence electrons. The van der Waals surface area contributed by atoms with E-state index in [1.165, 1.54) is 31.4 Å². The smallest absolute Gasteiger partial charge is 0.260 e. The molecule has 1 heterocycles. The van der Waals surface area contributed by atoms with E-state index in [9.17, 15) is 17.2 Å². The molecule has 0 spiro atoms. The zero-order chi connectivity index (χ0) is 18.9. The van der Waals surface area contributed by atoms with Gasteiger partial charge in [0.25, 0.3) is 5.89 Å². The van der Waals surface area contributed by atoms with Gasteiger partial charge in [0.15, 0.2) is 17.7 Å². The van der Waals surface area contributed by atoms with Gasteiger partial charge < -0.3 is 9.26 Å². The Morgan fingerprint density at radius 2 is 1.88 bits per heavy atom. The second kappa shape index (κ2) is 6.90. The number of hydrogen-bond acceptors (Lipinski definition) is 6. The van der Waals surface area contributed by atoms with E-state index in [2.05, 4.69) is 10.1 Å². The summed E-state index contributed by atoms with van der Waals surface area (Å²) in [5.74, 6) is -2.15. The lowest BCUT2D eigenvalue weighted by Crippen LogP contribution is -2.13. The first-order valence-corrected chi connectivity index (χ1v) is 8.79. The average molecular weight is 381 g/mol. The number of nitrogens with zero attached hydrogens (tertiary/aromatic N) is 2. The molecule has 3 rings (SSSR count). The molecule has 1 unspecified atom stereocenters. The fourth-order valence-corrected chi connectivity index (χ4v) is 3.14. The van der Waals surface area contributed by atoms with Crippen molar-refractivity contribution in [2.75, 3.05) is 7.11 Å². The number of aromatic nitrogens is 2. The lowest BCUT2D eigenvalue weighted by molar-refractivity contribution is 0.104. The second-order valence-corrected chi connectivity index (χ2v) is 6.82. The third-order valence-electron chi connectivity index (χ3n) is 3.58. The van der Waals surface area contributed by atoms with Crippen LogP contribution in [-0.4, -0.2) is 25.7 Å². The zero-order valence-electron chi connectivity index (χ0n) is 13.4. The molecule has 1 aromatic heterocycles. The van der Waals surface area contributed by atoms with Crippen LogP contribution in [0.1, 0.15) is 17.6 Å². The van der Waals surface area contributed by atoms with Gasteiger partial charge in [-0.2, -0.15) is 4.98 Å². The predicted octanol–water partition coefficient (Wildman–Crippen LogP) is 2.40. The lowest BCUT2D eigenvalue weighted by Gasteiger charge is -2.11. The Kier molecular flexibility index (Phi) is 4.81. The minimum absolute atomic E-state index is 0.0331. The number of sulfonamides is 1. The van der Waals surface area contributed by atoms with E-state index in [1.54, 1.807) is 6.07 Å². The van der Waals surface area contributed by atoms with Gasteiger partial charge in [0.2, 0.25) is 15.8 Å². The third kappa shape index (κ3) is 3.47. The first kappa shape index (κ1) is 18.1. The Morgan fingerprint density at radius 3 is 2.54 bits per heavy atom. The largest absolute Gasteiger partial charge is 0.367 e. The summed E-state index contributed by atoms with van der Waals surface area (Å²) in [4.78, 5) is 3.94. The van der Waals surface area contributed by atoms with Crippen molar-refractivity contribution in [3.8, 4) is 11.4 Å². The van der Waals surface area contributed by atoms with Crippen LogP contribution < -0.4 is 5.14 Å². The van der Waals surface area contributed by atoms with Gasteiger partial charge in [0.1, 0.15) is 0 Å². The van der Waals surface area contributed by atoms with E-state index in [0.717, 1.165) is 12.1 Å². The molecule has 2 N–H and O–H groups in total. The van der Waals surface area contributed by atoms with Gasteiger partial charge in [-0.15, -0.1) is 0 Å². The van der Waals surface area contributed by atoms with Crippen molar-refractivity contribution in [1.82, 2.24) is 10.1 Å². The van der Waals surface area contributed by atoms with Crippen LogP contribution in [0.5, 0.6) is 0 Å². The quantitative estimate of drug-likeness (QED) is 0.727. The maximum absolute atomic E-state index is 13.5. The Hall–Kier alpha value is -2.69. The summed E-state index contributed by atoms with van der Waals surface area (Å²) in [6.45, 7) is 0. The van der Waals surface area contributed by atoms with Crippen LogP contribution in [0, 0.1) is 11.6 Å². The zero-order valence-corrected chi connectivity index (χ0v) is 14.2. The van der Waals surface area contributed by atoms with E-state index in [-0.39, 0.29) is 27.7 Å². The maximum Gasteiger partial charge on any atom is 0.260 e. The molecule has 0 fully saturated rings. The van der Waals surface area contributed by atoms with Crippen LogP contribution in [0.3, 0.4) is 0 Å². The number of rotatable bonds is 5. The van der Waals surface area contributed by atoms with Crippen molar-refractivity contribution in [1.29, 1.82) is 0 Å². The Morgan fingerprint density at radius 1 is 1.15 bits per heavy atom. The van der Waals surface area contributed by atoms with Gasteiger partial charge in [-0.05, 0) is 29.8 Å². The van der Waals surface area contributed by atoms with Gasteiger partial charge in [-0.25, -0.2) is 22.3 Å². The number of nitrogens with two attached hydrogens (primary N) is 1. The molecule has 0 aliphatic rings. The number of halogens is 2. The molecule has 0 amide bonds. The molecule has 26 heavy (non-hydrogen) atoms. The highest BCUT2D eigenvalue weighted by Gasteiger charge is 2.24. The SMILES string of the molecule is COC(c1ccc(F)c(F)c1)c1nc(-c2ccccc2S(N)(=O)=O)no1. The Bertz CT molecular complexity index is 1050. The number of ether oxygens (including phenoxy) is 1. The average Bonchev–Trinajstić information content (AvgIpc) is 3.07. The van der Waals surface area contributed by atoms with E-state index in [1.807, 2.05) is 0 Å². The minimum atomic E-state index is -4.00. The lowest BCUT2D eigenvalue weighted by atomic mass is 10.1. The third-order valence-corrected chi connectivity index (χ3v) is 4.55. The summed E-state index contributed by atoms with van der Waals surface area (Å²) < 4.78 is 60.4. The van der Waals surface area contributed by atoms with Crippen LogP contribution in [-0.2, 0) is 14.8 Å². The molecule has 0 bridgehead atoms. The first-order valence-electron chi connectivity index (χ1n) is 7.25. The van der Waals surface area contributed by atoms with Gasteiger partial charge in [-0.1, -0.05) is 23.4 Å². The standard InChI is InChI=1S/C16H13F2N3O4S/c1-24-14(9-6-7-11(17)12(18)8-9)16-20-15(21-25-16)10-4-2-3-5-13(10)26(19,22)23/h2-8,14H,1H3,(H2,19,22,23).